The molecule has 0 aliphatic rings. The SMILES string of the molecule is CC(C)[C@H](CC(=O)NCc1ccccc1)C(=O)NC(CCC(=O)N(C)C)C(=O)CF. The minimum absolute atomic E-state index is 0.00753. The maximum atomic E-state index is 12.9. The van der Waals surface area contributed by atoms with Gasteiger partial charge in [-0.15, -0.1) is 0 Å². The second-order valence-corrected chi connectivity index (χ2v) is 7.80. The van der Waals surface area contributed by atoms with E-state index in [0.717, 1.165) is 5.56 Å². The van der Waals surface area contributed by atoms with Crippen molar-refractivity contribution < 1.29 is 23.6 Å². The number of carbonyl (C=O) groups excluding carboxylic acids is 4. The third-order valence-corrected chi connectivity index (χ3v) is 4.86. The van der Waals surface area contributed by atoms with Crippen LogP contribution in [-0.4, -0.2) is 55.2 Å². The van der Waals surface area contributed by atoms with Gasteiger partial charge in [-0.3, -0.25) is 19.2 Å². The van der Waals surface area contributed by atoms with Gasteiger partial charge in [0.2, 0.25) is 17.7 Å². The zero-order chi connectivity index (χ0) is 22.7. The Morgan fingerprint density at radius 3 is 2.23 bits per heavy atom. The number of hydrogen-bond donors (Lipinski definition) is 2. The normalized spacial score (nSPS) is 12.7. The summed E-state index contributed by atoms with van der Waals surface area (Å²) in [7, 11) is 3.16. The van der Waals surface area contributed by atoms with Gasteiger partial charge in [0.25, 0.3) is 0 Å². The fourth-order valence-corrected chi connectivity index (χ4v) is 2.88. The van der Waals surface area contributed by atoms with Crippen molar-refractivity contribution in [2.45, 2.75) is 45.7 Å². The van der Waals surface area contributed by atoms with E-state index in [2.05, 4.69) is 10.6 Å². The van der Waals surface area contributed by atoms with Crippen molar-refractivity contribution in [2.24, 2.45) is 11.8 Å². The maximum Gasteiger partial charge on any atom is 0.224 e. The lowest BCUT2D eigenvalue weighted by Crippen LogP contribution is -2.46. The fourth-order valence-electron chi connectivity index (χ4n) is 2.88. The number of Topliss-reactive ketones (excluding diaryl/α,β-unsaturated/α-hetero) is 1. The third kappa shape index (κ3) is 8.71. The maximum absolute atomic E-state index is 12.9. The second kappa shape index (κ2) is 12.7. The van der Waals surface area contributed by atoms with Gasteiger partial charge in [0.1, 0.15) is 6.67 Å². The van der Waals surface area contributed by atoms with Gasteiger partial charge < -0.3 is 15.5 Å². The summed E-state index contributed by atoms with van der Waals surface area (Å²) < 4.78 is 12.9. The van der Waals surface area contributed by atoms with E-state index in [1.165, 1.54) is 4.90 Å². The Kier molecular flexibility index (Phi) is 10.7. The number of carbonyl (C=O) groups is 4. The molecule has 1 unspecified atom stereocenters. The highest BCUT2D eigenvalue weighted by atomic mass is 19.1. The molecule has 8 heteroatoms. The number of hydrogen-bond acceptors (Lipinski definition) is 4. The first-order chi connectivity index (χ1) is 14.1. The van der Waals surface area contributed by atoms with Crippen molar-refractivity contribution in [1.82, 2.24) is 15.5 Å². The minimum atomic E-state index is -1.23. The van der Waals surface area contributed by atoms with Crippen molar-refractivity contribution in [3.8, 4) is 0 Å². The molecular weight excluding hydrogens is 389 g/mol. The van der Waals surface area contributed by atoms with Crippen LogP contribution >= 0.6 is 0 Å². The molecule has 0 aromatic heterocycles. The van der Waals surface area contributed by atoms with Crippen molar-refractivity contribution in [3.05, 3.63) is 35.9 Å². The molecule has 166 valence electrons. The number of nitrogens with one attached hydrogen (secondary N) is 2. The summed E-state index contributed by atoms with van der Waals surface area (Å²) in [6.45, 7) is 2.72. The van der Waals surface area contributed by atoms with Crippen molar-refractivity contribution in [2.75, 3.05) is 20.8 Å². The van der Waals surface area contributed by atoms with Gasteiger partial charge in [0.15, 0.2) is 5.78 Å². The van der Waals surface area contributed by atoms with Crippen LogP contribution in [0.1, 0.15) is 38.7 Å². The summed E-state index contributed by atoms with van der Waals surface area (Å²) in [5.74, 6) is -2.64. The Balaban J connectivity index is 2.71. The summed E-state index contributed by atoms with van der Waals surface area (Å²) in [5.41, 5.74) is 0.940. The Morgan fingerprint density at radius 2 is 1.70 bits per heavy atom. The standard InChI is InChI=1S/C22H32FN3O4/c1-15(2)17(12-20(28)24-14-16-8-6-5-7-9-16)22(30)25-18(19(27)13-23)10-11-21(29)26(3)4/h5-9,15,17-18H,10-14H2,1-4H3,(H,24,28)(H,25,30)/t17-,18?/m0/s1. The number of halogens is 1. The summed E-state index contributed by atoms with van der Waals surface area (Å²) >= 11 is 0. The molecule has 1 aromatic carbocycles. The van der Waals surface area contributed by atoms with Crippen LogP contribution in [0.5, 0.6) is 0 Å². The molecule has 0 bridgehead atoms. The third-order valence-electron chi connectivity index (χ3n) is 4.86. The molecule has 0 aliphatic heterocycles. The molecule has 0 saturated heterocycles. The van der Waals surface area contributed by atoms with Crippen LogP contribution in [-0.2, 0) is 25.7 Å². The van der Waals surface area contributed by atoms with E-state index >= 15 is 0 Å². The van der Waals surface area contributed by atoms with Gasteiger partial charge in [-0.2, -0.15) is 0 Å². The monoisotopic (exact) mass is 421 g/mol. The molecule has 7 nitrogen and oxygen atoms in total. The lowest BCUT2D eigenvalue weighted by atomic mass is 9.90. The number of nitrogens with zero attached hydrogens (tertiary/aromatic N) is 1. The topological polar surface area (TPSA) is 95.6 Å². The Labute approximate surface area is 177 Å². The zero-order valence-electron chi connectivity index (χ0n) is 18.1. The van der Waals surface area contributed by atoms with E-state index in [-0.39, 0.29) is 37.0 Å². The molecule has 0 aliphatic carbocycles. The lowest BCUT2D eigenvalue weighted by Gasteiger charge is -2.24. The van der Waals surface area contributed by atoms with Gasteiger partial charge >= 0.3 is 0 Å². The molecule has 2 N–H and O–H groups in total. The average Bonchev–Trinajstić information content (AvgIpc) is 2.72. The highest BCUT2D eigenvalue weighted by Gasteiger charge is 2.29. The molecule has 30 heavy (non-hydrogen) atoms. The van der Waals surface area contributed by atoms with Crippen LogP contribution in [0.2, 0.25) is 0 Å². The van der Waals surface area contributed by atoms with Gasteiger partial charge in [-0.25, -0.2) is 4.39 Å². The molecule has 2 atom stereocenters. The van der Waals surface area contributed by atoms with E-state index < -0.39 is 30.3 Å². The van der Waals surface area contributed by atoms with E-state index in [4.69, 9.17) is 0 Å². The van der Waals surface area contributed by atoms with E-state index in [0.29, 0.717) is 6.54 Å². The molecule has 1 aromatic rings. The van der Waals surface area contributed by atoms with E-state index in [1.54, 1.807) is 27.9 Å². The Hall–Kier alpha value is -2.77. The fraction of sp³-hybridized carbons (Fsp3) is 0.545. The van der Waals surface area contributed by atoms with Crippen molar-refractivity contribution >= 4 is 23.5 Å². The number of benzene rings is 1. The molecule has 0 fully saturated rings. The van der Waals surface area contributed by atoms with Gasteiger partial charge in [0.05, 0.1) is 6.04 Å². The number of amides is 3. The van der Waals surface area contributed by atoms with Crippen molar-refractivity contribution in [3.63, 3.8) is 0 Å². The van der Waals surface area contributed by atoms with Crippen LogP contribution in [0.15, 0.2) is 30.3 Å². The highest BCUT2D eigenvalue weighted by Crippen LogP contribution is 2.17. The number of ketones is 1. The summed E-state index contributed by atoms with van der Waals surface area (Å²) in [4.78, 5) is 50.1. The average molecular weight is 422 g/mol. The molecule has 0 radical (unpaired) electrons. The molecule has 1 rings (SSSR count). The van der Waals surface area contributed by atoms with Crippen LogP contribution in [0, 0.1) is 11.8 Å². The number of rotatable bonds is 12. The van der Waals surface area contributed by atoms with Gasteiger partial charge in [-0.05, 0) is 17.9 Å². The first-order valence-electron chi connectivity index (χ1n) is 10.1. The molecule has 0 spiro atoms. The van der Waals surface area contributed by atoms with E-state index in [1.807, 2.05) is 30.3 Å². The molecular formula is C22H32FN3O4. The smallest absolute Gasteiger partial charge is 0.224 e. The van der Waals surface area contributed by atoms with Crippen LogP contribution in [0.3, 0.4) is 0 Å². The quantitative estimate of drug-likeness (QED) is 0.538. The van der Waals surface area contributed by atoms with Crippen LogP contribution in [0.25, 0.3) is 0 Å². The van der Waals surface area contributed by atoms with E-state index in [9.17, 15) is 23.6 Å². The Bertz CT molecular complexity index is 722. The highest BCUT2D eigenvalue weighted by molar-refractivity contribution is 5.92. The first kappa shape index (κ1) is 25.3. The summed E-state index contributed by atoms with van der Waals surface area (Å²) in [5, 5.41) is 5.33. The Morgan fingerprint density at radius 1 is 1.07 bits per heavy atom. The van der Waals surface area contributed by atoms with Crippen molar-refractivity contribution in [1.29, 1.82) is 0 Å². The zero-order valence-corrected chi connectivity index (χ0v) is 18.1. The molecule has 3 amide bonds. The minimum Gasteiger partial charge on any atom is -0.352 e. The van der Waals surface area contributed by atoms with Gasteiger partial charge in [0, 0.05) is 39.4 Å². The summed E-state index contributed by atoms with van der Waals surface area (Å²) in [6.07, 6.45) is -0.0341. The summed E-state index contributed by atoms with van der Waals surface area (Å²) in [6, 6.07) is 8.29. The predicted molar refractivity (Wildman–Crippen MR) is 112 cm³/mol. The second-order valence-electron chi connectivity index (χ2n) is 7.80. The largest absolute Gasteiger partial charge is 0.352 e. The lowest BCUT2D eigenvalue weighted by molar-refractivity contribution is -0.135. The van der Waals surface area contributed by atoms with Crippen LogP contribution < -0.4 is 10.6 Å². The molecule has 0 saturated carbocycles. The predicted octanol–water partition coefficient (Wildman–Crippen LogP) is 1.86. The molecule has 0 heterocycles. The van der Waals surface area contributed by atoms with Crippen LogP contribution in [0.4, 0.5) is 4.39 Å². The number of alkyl halides is 1. The van der Waals surface area contributed by atoms with Gasteiger partial charge in [-0.1, -0.05) is 44.2 Å². The first-order valence-corrected chi connectivity index (χ1v) is 10.1.